The van der Waals surface area contributed by atoms with E-state index in [2.05, 4.69) is 50.4 Å². The summed E-state index contributed by atoms with van der Waals surface area (Å²) in [5.74, 6) is 0. The number of hydrogen-bond acceptors (Lipinski definition) is 0. The van der Waals surface area contributed by atoms with Gasteiger partial charge in [-0.3, -0.25) is 0 Å². The number of allylic oxidation sites excluding steroid dienone is 1. The smallest absolute Gasteiger partial charge is 0.0241 e. The van der Waals surface area contributed by atoms with Crippen LogP contribution in [-0.4, -0.2) is 0 Å². The standard InChI is InChI=1S/C15H20/c1-4-14(5-2)7-6-8-15-11-9-13(3)10-12-15/h9-12H,1,5-8H2,2-3H3. The molecule has 0 fully saturated rings. The normalized spacial score (nSPS) is 9.73. The lowest BCUT2D eigenvalue weighted by Crippen LogP contribution is -1.87. The first-order valence-corrected chi connectivity index (χ1v) is 5.69. The predicted octanol–water partition coefficient (Wildman–Crippen LogP) is 4.44. The van der Waals surface area contributed by atoms with Gasteiger partial charge in [0.15, 0.2) is 0 Å². The maximum atomic E-state index is 3.71. The Morgan fingerprint density at radius 2 is 1.93 bits per heavy atom. The first-order chi connectivity index (χ1) is 7.26. The molecule has 0 aliphatic heterocycles. The molecule has 0 aliphatic carbocycles. The third kappa shape index (κ3) is 4.18. The van der Waals surface area contributed by atoms with Crippen LogP contribution in [0.3, 0.4) is 0 Å². The molecule has 80 valence electrons. The average molecular weight is 200 g/mol. The SMILES string of the molecule is C=C=C(CC)CCCc1ccc(C)cc1. The first kappa shape index (κ1) is 11.8. The van der Waals surface area contributed by atoms with E-state index in [1.807, 2.05) is 0 Å². The van der Waals surface area contributed by atoms with Crippen LogP contribution in [0.1, 0.15) is 37.3 Å². The van der Waals surface area contributed by atoms with Gasteiger partial charge in [0.1, 0.15) is 0 Å². The summed E-state index contributed by atoms with van der Waals surface area (Å²) in [5.41, 5.74) is 7.13. The van der Waals surface area contributed by atoms with E-state index in [0.29, 0.717) is 0 Å². The van der Waals surface area contributed by atoms with Crippen LogP contribution in [-0.2, 0) is 6.42 Å². The molecule has 0 nitrogen and oxygen atoms in total. The lowest BCUT2D eigenvalue weighted by Gasteiger charge is -2.03. The zero-order valence-corrected chi connectivity index (χ0v) is 9.84. The quantitative estimate of drug-likeness (QED) is 0.616. The van der Waals surface area contributed by atoms with Gasteiger partial charge in [-0.05, 0) is 43.7 Å². The molecule has 0 aliphatic rings. The van der Waals surface area contributed by atoms with Crippen LogP contribution in [0, 0.1) is 6.92 Å². The Kier molecular flexibility index (Phi) is 4.93. The van der Waals surface area contributed by atoms with Crippen molar-refractivity contribution in [3.05, 3.63) is 53.3 Å². The molecule has 0 amide bonds. The second-order valence-corrected chi connectivity index (χ2v) is 3.97. The Morgan fingerprint density at radius 1 is 1.27 bits per heavy atom. The summed E-state index contributed by atoms with van der Waals surface area (Å²) in [4.78, 5) is 0. The Balaban J connectivity index is 2.38. The van der Waals surface area contributed by atoms with Crippen molar-refractivity contribution >= 4 is 0 Å². The highest BCUT2D eigenvalue weighted by molar-refractivity contribution is 5.21. The monoisotopic (exact) mass is 200 g/mol. The third-order valence-electron chi connectivity index (χ3n) is 2.74. The molecule has 0 aromatic heterocycles. The van der Waals surface area contributed by atoms with Gasteiger partial charge in [-0.2, -0.15) is 0 Å². The van der Waals surface area contributed by atoms with E-state index >= 15 is 0 Å². The zero-order chi connectivity index (χ0) is 11.1. The maximum absolute atomic E-state index is 3.71. The Bertz CT molecular complexity index is 337. The van der Waals surface area contributed by atoms with E-state index in [1.165, 1.54) is 23.1 Å². The van der Waals surface area contributed by atoms with E-state index in [0.717, 1.165) is 19.3 Å². The van der Waals surface area contributed by atoms with Crippen molar-refractivity contribution in [1.29, 1.82) is 0 Å². The molecule has 0 radical (unpaired) electrons. The fourth-order valence-electron chi connectivity index (χ4n) is 1.65. The minimum absolute atomic E-state index is 1.08. The van der Waals surface area contributed by atoms with Gasteiger partial charge >= 0.3 is 0 Å². The van der Waals surface area contributed by atoms with Crippen molar-refractivity contribution in [2.45, 2.75) is 39.5 Å². The number of aryl methyl sites for hydroxylation is 2. The molecule has 0 spiro atoms. The fraction of sp³-hybridized carbons (Fsp3) is 0.400. The Morgan fingerprint density at radius 3 is 2.47 bits per heavy atom. The summed E-state index contributed by atoms with van der Waals surface area (Å²) in [6, 6.07) is 8.80. The molecule has 0 atom stereocenters. The lowest BCUT2D eigenvalue weighted by molar-refractivity contribution is 0.788. The molecular weight excluding hydrogens is 180 g/mol. The summed E-state index contributed by atoms with van der Waals surface area (Å²) in [6.07, 6.45) is 4.57. The van der Waals surface area contributed by atoms with Crippen LogP contribution in [0.25, 0.3) is 0 Å². The van der Waals surface area contributed by atoms with Gasteiger partial charge in [0.2, 0.25) is 0 Å². The summed E-state index contributed by atoms with van der Waals surface area (Å²) in [5, 5.41) is 0. The van der Waals surface area contributed by atoms with Gasteiger partial charge in [-0.1, -0.05) is 43.3 Å². The zero-order valence-electron chi connectivity index (χ0n) is 9.84. The molecule has 0 heterocycles. The summed E-state index contributed by atoms with van der Waals surface area (Å²) in [7, 11) is 0. The molecule has 1 rings (SSSR count). The highest BCUT2D eigenvalue weighted by atomic mass is 14.0. The van der Waals surface area contributed by atoms with Gasteiger partial charge in [-0.15, -0.1) is 5.73 Å². The van der Waals surface area contributed by atoms with Crippen molar-refractivity contribution in [3.8, 4) is 0 Å². The molecule has 0 saturated heterocycles. The van der Waals surface area contributed by atoms with Crippen molar-refractivity contribution in [1.82, 2.24) is 0 Å². The largest absolute Gasteiger partial charge is 0.130 e. The summed E-state index contributed by atoms with van der Waals surface area (Å²) >= 11 is 0. The van der Waals surface area contributed by atoms with Gasteiger partial charge < -0.3 is 0 Å². The van der Waals surface area contributed by atoms with Crippen molar-refractivity contribution < 1.29 is 0 Å². The van der Waals surface area contributed by atoms with Crippen LogP contribution in [0.4, 0.5) is 0 Å². The minimum Gasteiger partial charge on any atom is -0.130 e. The number of benzene rings is 1. The van der Waals surface area contributed by atoms with E-state index in [9.17, 15) is 0 Å². The molecule has 0 N–H and O–H groups in total. The van der Waals surface area contributed by atoms with Gasteiger partial charge in [0, 0.05) is 0 Å². The lowest BCUT2D eigenvalue weighted by atomic mass is 10.0. The van der Waals surface area contributed by atoms with Crippen molar-refractivity contribution in [2.24, 2.45) is 0 Å². The van der Waals surface area contributed by atoms with Crippen LogP contribution in [0.15, 0.2) is 42.1 Å². The molecule has 0 bridgehead atoms. The fourth-order valence-corrected chi connectivity index (χ4v) is 1.65. The van der Waals surface area contributed by atoms with Crippen molar-refractivity contribution in [2.75, 3.05) is 0 Å². The van der Waals surface area contributed by atoms with E-state index in [4.69, 9.17) is 0 Å². The average Bonchev–Trinajstić information content (AvgIpc) is 2.27. The summed E-state index contributed by atoms with van der Waals surface area (Å²) < 4.78 is 0. The number of rotatable bonds is 5. The van der Waals surface area contributed by atoms with Crippen molar-refractivity contribution in [3.63, 3.8) is 0 Å². The van der Waals surface area contributed by atoms with Gasteiger partial charge in [0.05, 0.1) is 0 Å². The molecule has 15 heavy (non-hydrogen) atoms. The molecular formula is C15H20. The van der Waals surface area contributed by atoms with Gasteiger partial charge in [0.25, 0.3) is 0 Å². The van der Waals surface area contributed by atoms with Gasteiger partial charge in [-0.25, -0.2) is 0 Å². The van der Waals surface area contributed by atoms with Crippen LogP contribution < -0.4 is 0 Å². The third-order valence-corrected chi connectivity index (χ3v) is 2.74. The Hall–Kier alpha value is -1.26. The van der Waals surface area contributed by atoms with E-state index in [1.54, 1.807) is 0 Å². The highest BCUT2D eigenvalue weighted by Crippen LogP contribution is 2.12. The summed E-state index contributed by atoms with van der Waals surface area (Å²) in [6.45, 7) is 8.00. The molecule has 0 saturated carbocycles. The number of hydrogen-bond donors (Lipinski definition) is 0. The second kappa shape index (κ2) is 6.27. The van der Waals surface area contributed by atoms with Crippen LogP contribution >= 0.6 is 0 Å². The Labute approximate surface area is 93.3 Å². The first-order valence-electron chi connectivity index (χ1n) is 5.69. The minimum atomic E-state index is 1.08. The van der Waals surface area contributed by atoms with Crippen LogP contribution in [0.5, 0.6) is 0 Å². The van der Waals surface area contributed by atoms with E-state index in [-0.39, 0.29) is 0 Å². The predicted molar refractivity (Wildman–Crippen MR) is 67.1 cm³/mol. The highest BCUT2D eigenvalue weighted by Gasteiger charge is 1.95. The topological polar surface area (TPSA) is 0 Å². The maximum Gasteiger partial charge on any atom is -0.0241 e. The second-order valence-electron chi connectivity index (χ2n) is 3.97. The van der Waals surface area contributed by atoms with E-state index < -0.39 is 0 Å². The molecule has 1 aromatic rings. The molecule has 0 heteroatoms. The molecule has 1 aromatic carbocycles. The van der Waals surface area contributed by atoms with Crippen LogP contribution in [0.2, 0.25) is 0 Å². The molecule has 0 unspecified atom stereocenters.